The van der Waals surface area contributed by atoms with Crippen LogP contribution in [-0.4, -0.2) is 5.91 Å². The summed E-state index contributed by atoms with van der Waals surface area (Å²) in [6.07, 6.45) is 6.53. The molecule has 0 aromatic carbocycles. The van der Waals surface area contributed by atoms with Gasteiger partial charge in [0, 0.05) is 12.0 Å². The molecule has 19 heavy (non-hydrogen) atoms. The number of rotatable bonds is 3. The van der Waals surface area contributed by atoms with Crippen LogP contribution in [0.5, 0.6) is 0 Å². The number of anilines is 1. The molecule has 1 aromatic rings. The number of carbonyl (C=O) groups is 1. The number of hydrogen-bond acceptors (Lipinski definition) is 3. The highest BCUT2D eigenvalue weighted by Gasteiger charge is 2.20. The SMILES string of the molecule is Cc1oc(NC(=O)CC2CCCCC2)c(C#N)c1C. The van der Waals surface area contributed by atoms with Crippen LogP contribution in [0, 0.1) is 31.1 Å². The van der Waals surface area contributed by atoms with Crippen molar-refractivity contribution in [2.24, 2.45) is 5.92 Å². The normalized spacial score (nSPS) is 16.1. The molecule has 102 valence electrons. The van der Waals surface area contributed by atoms with Crippen molar-refractivity contribution in [1.29, 1.82) is 5.26 Å². The molecule has 1 aromatic heterocycles. The topological polar surface area (TPSA) is 66.0 Å². The third kappa shape index (κ3) is 3.17. The number of hydrogen-bond donors (Lipinski definition) is 1. The fourth-order valence-electron chi connectivity index (χ4n) is 2.68. The maximum atomic E-state index is 12.0. The first-order chi connectivity index (χ1) is 9.11. The highest BCUT2D eigenvalue weighted by molar-refractivity contribution is 5.91. The lowest BCUT2D eigenvalue weighted by molar-refractivity contribution is -0.117. The van der Waals surface area contributed by atoms with Crippen LogP contribution >= 0.6 is 0 Å². The summed E-state index contributed by atoms with van der Waals surface area (Å²) in [7, 11) is 0. The first-order valence-corrected chi connectivity index (χ1v) is 6.91. The zero-order chi connectivity index (χ0) is 13.8. The summed E-state index contributed by atoms with van der Waals surface area (Å²) < 4.78 is 5.44. The van der Waals surface area contributed by atoms with Crippen molar-refractivity contribution in [2.45, 2.75) is 52.4 Å². The zero-order valence-corrected chi connectivity index (χ0v) is 11.6. The minimum atomic E-state index is -0.0443. The number of furan rings is 1. The van der Waals surface area contributed by atoms with Gasteiger partial charge in [0.15, 0.2) is 0 Å². The zero-order valence-electron chi connectivity index (χ0n) is 11.6. The predicted octanol–water partition coefficient (Wildman–Crippen LogP) is 3.68. The van der Waals surface area contributed by atoms with Crippen LogP contribution in [0.4, 0.5) is 5.88 Å². The van der Waals surface area contributed by atoms with Crippen molar-refractivity contribution in [2.75, 3.05) is 5.32 Å². The largest absolute Gasteiger partial charge is 0.444 e. The fraction of sp³-hybridized carbons (Fsp3) is 0.600. The quantitative estimate of drug-likeness (QED) is 0.901. The van der Waals surface area contributed by atoms with Gasteiger partial charge in [-0.1, -0.05) is 19.3 Å². The molecule has 1 aliphatic rings. The Hall–Kier alpha value is -1.76. The van der Waals surface area contributed by atoms with E-state index in [0.717, 1.165) is 18.4 Å². The van der Waals surface area contributed by atoms with E-state index >= 15 is 0 Å². The van der Waals surface area contributed by atoms with E-state index in [1.54, 1.807) is 6.92 Å². The molecule has 2 rings (SSSR count). The van der Waals surface area contributed by atoms with Gasteiger partial charge in [0.25, 0.3) is 0 Å². The van der Waals surface area contributed by atoms with Gasteiger partial charge >= 0.3 is 0 Å². The Morgan fingerprint density at radius 3 is 2.68 bits per heavy atom. The van der Waals surface area contributed by atoms with Gasteiger partial charge in [0.1, 0.15) is 17.4 Å². The molecule has 1 saturated carbocycles. The summed E-state index contributed by atoms with van der Waals surface area (Å²) in [6.45, 7) is 3.63. The Morgan fingerprint density at radius 2 is 2.05 bits per heavy atom. The number of amides is 1. The minimum absolute atomic E-state index is 0.0443. The van der Waals surface area contributed by atoms with Gasteiger partial charge < -0.3 is 4.42 Å². The van der Waals surface area contributed by atoms with E-state index < -0.39 is 0 Å². The van der Waals surface area contributed by atoms with Crippen LogP contribution in [0.25, 0.3) is 0 Å². The van der Waals surface area contributed by atoms with Gasteiger partial charge in [-0.3, -0.25) is 10.1 Å². The molecule has 0 saturated heterocycles. The van der Waals surface area contributed by atoms with E-state index in [-0.39, 0.29) is 5.91 Å². The number of nitrogens with zero attached hydrogens (tertiary/aromatic N) is 1. The molecule has 0 radical (unpaired) electrons. The Labute approximate surface area is 113 Å². The molecule has 4 heteroatoms. The van der Waals surface area contributed by atoms with Crippen LogP contribution in [0.2, 0.25) is 0 Å². The van der Waals surface area contributed by atoms with Crippen LogP contribution in [0.15, 0.2) is 4.42 Å². The number of nitrogens with one attached hydrogen (secondary N) is 1. The maximum Gasteiger partial charge on any atom is 0.226 e. The summed E-state index contributed by atoms with van der Waals surface area (Å²) in [6, 6.07) is 2.09. The Morgan fingerprint density at radius 1 is 1.37 bits per heavy atom. The molecule has 0 aliphatic heterocycles. The van der Waals surface area contributed by atoms with E-state index in [2.05, 4.69) is 11.4 Å². The summed E-state index contributed by atoms with van der Waals surface area (Å²) >= 11 is 0. The van der Waals surface area contributed by atoms with Gasteiger partial charge in [-0.25, -0.2) is 0 Å². The lowest BCUT2D eigenvalue weighted by Gasteiger charge is -2.20. The summed E-state index contributed by atoms with van der Waals surface area (Å²) in [5.74, 6) is 1.43. The van der Waals surface area contributed by atoms with Crippen LogP contribution < -0.4 is 5.32 Å². The predicted molar refractivity (Wildman–Crippen MR) is 72.7 cm³/mol. The van der Waals surface area contributed by atoms with E-state index in [9.17, 15) is 4.79 Å². The van der Waals surface area contributed by atoms with E-state index in [1.165, 1.54) is 19.3 Å². The van der Waals surface area contributed by atoms with Gasteiger partial charge in [0.05, 0.1) is 0 Å². The lowest BCUT2D eigenvalue weighted by Crippen LogP contribution is -2.18. The van der Waals surface area contributed by atoms with Crippen LogP contribution in [0.3, 0.4) is 0 Å². The molecule has 1 heterocycles. The van der Waals surface area contributed by atoms with E-state index in [0.29, 0.717) is 29.5 Å². The first-order valence-electron chi connectivity index (χ1n) is 6.91. The van der Waals surface area contributed by atoms with Crippen molar-refractivity contribution >= 4 is 11.8 Å². The average molecular weight is 260 g/mol. The van der Waals surface area contributed by atoms with Crippen LogP contribution in [-0.2, 0) is 4.79 Å². The number of nitriles is 1. The van der Waals surface area contributed by atoms with Crippen molar-refractivity contribution in [3.63, 3.8) is 0 Å². The molecular weight excluding hydrogens is 240 g/mol. The molecule has 4 nitrogen and oxygen atoms in total. The molecule has 1 N–H and O–H groups in total. The number of aryl methyl sites for hydroxylation is 1. The molecule has 0 atom stereocenters. The van der Waals surface area contributed by atoms with E-state index in [1.807, 2.05) is 6.92 Å². The Kier molecular flexibility index (Phi) is 4.26. The molecule has 1 aliphatic carbocycles. The monoisotopic (exact) mass is 260 g/mol. The second-order valence-corrected chi connectivity index (χ2v) is 5.36. The Bertz CT molecular complexity index is 505. The smallest absolute Gasteiger partial charge is 0.226 e. The standard InChI is InChI=1S/C15H20N2O2/c1-10-11(2)19-15(13(10)9-16)17-14(18)8-12-6-4-3-5-7-12/h12H,3-8H2,1-2H3,(H,17,18). The van der Waals surface area contributed by atoms with Gasteiger partial charge in [-0.05, 0) is 32.6 Å². The summed E-state index contributed by atoms with van der Waals surface area (Å²) in [4.78, 5) is 12.0. The van der Waals surface area contributed by atoms with Gasteiger partial charge in [-0.15, -0.1) is 0 Å². The van der Waals surface area contributed by atoms with Crippen molar-refractivity contribution in [3.8, 4) is 6.07 Å². The van der Waals surface area contributed by atoms with Gasteiger partial charge in [0.2, 0.25) is 11.8 Å². The van der Waals surface area contributed by atoms with Crippen molar-refractivity contribution in [3.05, 3.63) is 16.9 Å². The lowest BCUT2D eigenvalue weighted by atomic mass is 9.87. The van der Waals surface area contributed by atoms with Crippen LogP contribution in [0.1, 0.15) is 55.4 Å². The van der Waals surface area contributed by atoms with E-state index in [4.69, 9.17) is 9.68 Å². The molecule has 1 fully saturated rings. The highest BCUT2D eigenvalue weighted by atomic mass is 16.4. The average Bonchev–Trinajstić information content (AvgIpc) is 2.65. The molecule has 0 bridgehead atoms. The first kappa shape index (κ1) is 13.7. The molecule has 0 spiro atoms. The second-order valence-electron chi connectivity index (χ2n) is 5.36. The third-order valence-corrected chi connectivity index (χ3v) is 3.95. The number of carbonyl (C=O) groups excluding carboxylic acids is 1. The fourth-order valence-corrected chi connectivity index (χ4v) is 2.68. The molecule has 1 amide bonds. The maximum absolute atomic E-state index is 12.0. The summed E-state index contributed by atoms with van der Waals surface area (Å²) in [5.41, 5.74) is 1.24. The van der Waals surface area contributed by atoms with Crippen molar-refractivity contribution < 1.29 is 9.21 Å². The van der Waals surface area contributed by atoms with Crippen molar-refractivity contribution in [1.82, 2.24) is 0 Å². The Balaban J connectivity index is 1.99. The highest BCUT2D eigenvalue weighted by Crippen LogP contribution is 2.28. The third-order valence-electron chi connectivity index (χ3n) is 3.95. The molecular formula is C15H20N2O2. The summed E-state index contributed by atoms with van der Waals surface area (Å²) in [5, 5.41) is 11.8. The molecule has 0 unspecified atom stereocenters. The van der Waals surface area contributed by atoms with Gasteiger partial charge in [-0.2, -0.15) is 5.26 Å². The minimum Gasteiger partial charge on any atom is -0.444 e. The second kappa shape index (κ2) is 5.92.